The molecule has 0 aliphatic carbocycles. The minimum absolute atomic E-state index is 0.173. The normalized spacial score (nSPS) is 21.1. The molecule has 9 nitrogen and oxygen atoms in total. The first-order valence-electron chi connectivity index (χ1n) is 11.4. The van der Waals surface area contributed by atoms with E-state index in [9.17, 15) is 4.79 Å². The molecule has 2 saturated heterocycles. The van der Waals surface area contributed by atoms with Gasteiger partial charge in [0.1, 0.15) is 29.5 Å². The lowest BCUT2D eigenvalue weighted by Gasteiger charge is -2.38. The van der Waals surface area contributed by atoms with Gasteiger partial charge in [0.25, 0.3) is 0 Å². The van der Waals surface area contributed by atoms with Crippen LogP contribution in [0.2, 0.25) is 10.0 Å². The molecule has 1 aromatic carbocycles. The molecule has 0 saturated carbocycles. The van der Waals surface area contributed by atoms with Gasteiger partial charge in [0, 0.05) is 29.7 Å². The summed E-state index contributed by atoms with van der Waals surface area (Å²) in [5.74, 6) is 1.07. The Bertz CT molecular complexity index is 1210. The number of anilines is 1. The van der Waals surface area contributed by atoms with Gasteiger partial charge in [0.05, 0.1) is 12.2 Å². The molecule has 2 aliphatic rings. The fraction of sp³-hybridized carbons (Fsp3) is 0.435. The summed E-state index contributed by atoms with van der Waals surface area (Å²) in [6.45, 7) is 4.02. The zero-order valence-electron chi connectivity index (χ0n) is 18.7. The summed E-state index contributed by atoms with van der Waals surface area (Å²) in [5.41, 5.74) is 2.07. The highest BCUT2D eigenvalue weighted by atomic mass is 35.5. The van der Waals surface area contributed by atoms with Crippen LogP contribution in [0.3, 0.4) is 0 Å². The van der Waals surface area contributed by atoms with Crippen LogP contribution in [0.5, 0.6) is 0 Å². The number of rotatable bonds is 5. The highest BCUT2D eigenvalue weighted by Crippen LogP contribution is 2.32. The number of nitrogens with one attached hydrogen (secondary N) is 2. The van der Waals surface area contributed by atoms with Crippen LogP contribution in [-0.4, -0.2) is 56.7 Å². The van der Waals surface area contributed by atoms with Crippen molar-refractivity contribution in [1.29, 1.82) is 0 Å². The number of benzene rings is 1. The van der Waals surface area contributed by atoms with Crippen LogP contribution in [0.1, 0.15) is 49.7 Å². The Morgan fingerprint density at radius 3 is 2.79 bits per heavy atom. The van der Waals surface area contributed by atoms with Crippen molar-refractivity contribution in [2.24, 2.45) is 0 Å². The van der Waals surface area contributed by atoms with E-state index in [1.165, 1.54) is 6.33 Å². The van der Waals surface area contributed by atoms with Crippen LogP contribution in [0.15, 0.2) is 30.7 Å². The summed E-state index contributed by atoms with van der Waals surface area (Å²) in [6.07, 6.45) is 5.67. The monoisotopic (exact) mass is 501 g/mol. The fourth-order valence-electron chi connectivity index (χ4n) is 4.26. The second-order valence-corrected chi connectivity index (χ2v) is 9.42. The van der Waals surface area contributed by atoms with Crippen LogP contribution >= 0.6 is 23.2 Å². The lowest BCUT2D eigenvalue weighted by Crippen LogP contribution is -2.54. The van der Waals surface area contributed by atoms with Crippen molar-refractivity contribution >= 4 is 46.1 Å². The van der Waals surface area contributed by atoms with Gasteiger partial charge in [-0.05, 0) is 43.9 Å². The first-order chi connectivity index (χ1) is 16.5. The number of fused-ring (bicyclic) bond motifs is 1. The molecule has 0 bridgehead atoms. The summed E-state index contributed by atoms with van der Waals surface area (Å²) < 4.78 is 5.79. The number of hydrogen-bond donors (Lipinski definition) is 2. The maximum atomic E-state index is 12.6. The fourth-order valence-corrected chi connectivity index (χ4v) is 4.83. The number of carbonyl (C=O) groups is 1. The second kappa shape index (κ2) is 9.85. The molecule has 3 aromatic rings. The zero-order valence-corrected chi connectivity index (χ0v) is 20.2. The number of amides is 1. The molecule has 178 valence electrons. The maximum Gasteiger partial charge on any atom is 0.410 e. The van der Waals surface area contributed by atoms with Gasteiger partial charge in [-0.1, -0.05) is 29.3 Å². The van der Waals surface area contributed by atoms with E-state index in [1.807, 2.05) is 13.0 Å². The van der Waals surface area contributed by atoms with Gasteiger partial charge in [-0.2, -0.15) is 0 Å². The molecule has 3 atom stereocenters. The van der Waals surface area contributed by atoms with Crippen LogP contribution in [0.25, 0.3) is 11.0 Å². The van der Waals surface area contributed by atoms with E-state index in [1.54, 1.807) is 23.2 Å². The summed E-state index contributed by atoms with van der Waals surface area (Å²) in [6, 6.07) is 4.90. The summed E-state index contributed by atoms with van der Waals surface area (Å²) in [5, 5.41) is 7.82. The van der Waals surface area contributed by atoms with Crippen molar-refractivity contribution in [1.82, 2.24) is 30.2 Å². The van der Waals surface area contributed by atoms with Gasteiger partial charge < -0.3 is 20.3 Å². The Labute approximate surface area is 207 Å². The Morgan fingerprint density at radius 1 is 1.24 bits per heavy atom. The lowest BCUT2D eigenvalue weighted by molar-refractivity contribution is 0.00409. The van der Waals surface area contributed by atoms with Crippen molar-refractivity contribution in [2.75, 3.05) is 25.0 Å². The number of nitrogens with zero attached hydrogens (tertiary/aromatic N) is 5. The second-order valence-electron chi connectivity index (χ2n) is 8.57. The number of hydrogen-bond acceptors (Lipinski definition) is 8. The van der Waals surface area contributed by atoms with Crippen LogP contribution in [0, 0.1) is 0 Å². The number of carbonyl (C=O) groups excluding carboxylic acids is 1. The van der Waals surface area contributed by atoms with Gasteiger partial charge in [-0.3, -0.25) is 0 Å². The molecule has 2 aliphatic heterocycles. The third kappa shape index (κ3) is 4.73. The molecule has 34 heavy (non-hydrogen) atoms. The van der Waals surface area contributed by atoms with Crippen molar-refractivity contribution in [2.45, 2.75) is 44.4 Å². The van der Waals surface area contributed by atoms with Gasteiger partial charge in [0.15, 0.2) is 11.6 Å². The molecule has 0 radical (unpaired) electrons. The Balaban J connectivity index is 1.39. The van der Waals surface area contributed by atoms with Gasteiger partial charge in [-0.15, -0.1) is 0 Å². The zero-order chi connectivity index (χ0) is 23.7. The largest absolute Gasteiger partial charge is 0.443 e. The van der Waals surface area contributed by atoms with Crippen molar-refractivity contribution in [3.8, 4) is 0 Å². The number of ether oxygens (including phenoxy) is 1. The van der Waals surface area contributed by atoms with Crippen molar-refractivity contribution in [3.05, 3.63) is 52.2 Å². The van der Waals surface area contributed by atoms with Crippen molar-refractivity contribution in [3.63, 3.8) is 0 Å². The molecule has 2 N–H and O–H groups in total. The minimum atomic E-state index is -0.340. The molecule has 11 heteroatoms. The highest BCUT2D eigenvalue weighted by Gasteiger charge is 2.38. The van der Waals surface area contributed by atoms with Crippen molar-refractivity contribution < 1.29 is 9.53 Å². The molecule has 2 fully saturated rings. The molecule has 2 aromatic heterocycles. The smallest absolute Gasteiger partial charge is 0.410 e. The van der Waals surface area contributed by atoms with Crippen LogP contribution in [0.4, 0.5) is 10.6 Å². The van der Waals surface area contributed by atoms with Gasteiger partial charge >= 0.3 is 6.09 Å². The molecule has 0 spiro atoms. The predicted octanol–water partition coefficient (Wildman–Crippen LogP) is 4.54. The van der Waals surface area contributed by atoms with Gasteiger partial charge in [-0.25, -0.2) is 24.7 Å². The average molecular weight is 502 g/mol. The van der Waals surface area contributed by atoms with E-state index >= 15 is 0 Å². The number of piperidine rings is 1. The lowest BCUT2D eigenvalue weighted by atomic mass is 10.0. The Kier molecular flexibility index (Phi) is 6.67. The number of likely N-dealkylation sites (tertiary alicyclic amines) is 1. The number of aromatic nitrogens is 4. The quantitative estimate of drug-likeness (QED) is 0.524. The molecule has 4 heterocycles. The van der Waals surface area contributed by atoms with E-state index in [0.717, 1.165) is 37.9 Å². The minimum Gasteiger partial charge on any atom is -0.443 e. The van der Waals surface area contributed by atoms with Gasteiger partial charge in [0.2, 0.25) is 0 Å². The summed E-state index contributed by atoms with van der Waals surface area (Å²) in [4.78, 5) is 32.3. The van der Waals surface area contributed by atoms with E-state index < -0.39 is 0 Å². The molecular formula is C23H25Cl2N7O2. The topological polar surface area (TPSA) is 105 Å². The standard InChI is InChI=1S/C23H25Cl2N7O2/c1-13(15-6-5-14(24)9-16(15)25)29-21-19-17(10-26-12-28-19)30-22(31-21)20-18(11-27-20)34-23(33)32-7-3-2-4-8-32/h5-6,9-10,12-13,18,20,27H,2-4,7-8,11H2,1H3,(H,29,30,31)/t13-,18?,20?/m1/s1. The Morgan fingerprint density at radius 2 is 2.06 bits per heavy atom. The SMILES string of the molecule is C[C@@H](Nc1nc(C2NCC2OC(=O)N2CCCCC2)nc2cncnc12)c1ccc(Cl)cc1Cl. The predicted molar refractivity (Wildman–Crippen MR) is 130 cm³/mol. The first kappa shape index (κ1) is 23.0. The van der Waals surface area contributed by atoms with E-state index in [0.29, 0.717) is 39.3 Å². The van der Waals surface area contributed by atoms with Crippen LogP contribution in [-0.2, 0) is 4.74 Å². The van der Waals surface area contributed by atoms with Crippen LogP contribution < -0.4 is 10.6 Å². The Hall–Kier alpha value is -2.75. The number of halogens is 2. The van der Waals surface area contributed by atoms with E-state index in [4.69, 9.17) is 32.9 Å². The average Bonchev–Trinajstić information content (AvgIpc) is 2.82. The maximum absolute atomic E-state index is 12.6. The van der Waals surface area contributed by atoms with E-state index in [2.05, 4.69) is 25.6 Å². The third-order valence-electron chi connectivity index (χ3n) is 6.22. The molecule has 2 unspecified atom stereocenters. The summed E-state index contributed by atoms with van der Waals surface area (Å²) in [7, 11) is 0. The highest BCUT2D eigenvalue weighted by molar-refractivity contribution is 6.35. The molecular weight excluding hydrogens is 477 g/mol. The first-order valence-corrected chi connectivity index (χ1v) is 12.1. The molecule has 1 amide bonds. The van der Waals surface area contributed by atoms with E-state index in [-0.39, 0.29) is 24.3 Å². The third-order valence-corrected chi connectivity index (χ3v) is 6.78. The molecule has 5 rings (SSSR count). The summed E-state index contributed by atoms with van der Waals surface area (Å²) >= 11 is 12.5.